The molecule has 0 saturated carbocycles. The first-order valence-corrected chi connectivity index (χ1v) is 4.17. The minimum absolute atomic E-state index is 0.346. The highest BCUT2D eigenvalue weighted by molar-refractivity contribution is 5.22. The first-order valence-electron chi connectivity index (χ1n) is 4.17. The Morgan fingerprint density at radius 1 is 1.47 bits per heavy atom. The molecule has 4 nitrogen and oxygen atoms in total. The Balaban J connectivity index is 3.32. The molecule has 1 aliphatic carbocycles. The maximum atomic E-state index is 13.5. The van der Waals surface area contributed by atoms with Gasteiger partial charge in [-0.1, -0.05) is 0 Å². The molecule has 0 aromatic rings. The summed E-state index contributed by atoms with van der Waals surface area (Å²) in [6.45, 7) is 0. The number of alkyl halides is 5. The fourth-order valence-electron chi connectivity index (χ4n) is 1.44. The van der Waals surface area contributed by atoms with Crippen LogP contribution >= 0.6 is 0 Å². The topological polar surface area (TPSA) is 69.2 Å². The van der Waals surface area contributed by atoms with Crippen molar-refractivity contribution >= 4 is 0 Å². The van der Waals surface area contributed by atoms with Crippen LogP contribution in [0, 0.1) is 10.1 Å². The highest BCUT2D eigenvalue weighted by Gasteiger charge is 2.69. The molecule has 1 rings (SSSR count). The van der Waals surface area contributed by atoms with Gasteiger partial charge in [-0.05, 0) is 0 Å². The smallest absolute Gasteiger partial charge is 0.319 e. The molecular weight excluding hydrogens is 258 g/mol. The molecule has 0 saturated heterocycles. The monoisotopic (exact) mass is 264 g/mol. The van der Waals surface area contributed by atoms with Gasteiger partial charge in [-0.15, -0.1) is 0 Å². The minimum Gasteiger partial charge on any atom is -0.319 e. The van der Waals surface area contributed by atoms with Crippen LogP contribution in [-0.4, -0.2) is 28.6 Å². The van der Waals surface area contributed by atoms with Gasteiger partial charge in [-0.3, -0.25) is 10.1 Å². The van der Waals surface area contributed by atoms with Crippen LogP contribution in [-0.2, 0) is 0 Å². The molecular formula is C7H6F6N2O2. The van der Waals surface area contributed by atoms with E-state index in [0.29, 0.717) is 0 Å². The van der Waals surface area contributed by atoms with Gasteiger partial charge in [0.1, 0.15) is 11.9 Å². The van der Waals surface area contributed by atoms with Gasteiger partial charge in [-0.25, -0.2) is 8.78 Å². The van der Waals surface area contributed by atoms with E-state index < -0.39 is 40.9 Å². The summed E-state index contributed by atoms with van der Waals surface area (Å²) < 4.78 is 76.7. The Bertz CT molecular complexity index is 383. The van der Waals surface area contributed by atoms with Crippen molar-refractivity contribution in [2.75, 3.05) is 0 Å². The van der Waals surface area contributed by atoms with E-state index in [1.54, 1.807) is 0 Å². The molecule has 10 heteroatoms. The van der Waals surface area contributed by atoms with Crippen LogP contribution in [0.5, 0.6) is 0 Å². The normalized spacial score (nSPS) is 38.8. The van der Waals surface area contributed by atoms with Crippen LogP contribution in [0.2, 0.25) is 0 Å². The Hall–Kier alpha value is -1.32. The molecule has 0 aromatic carbocycles. The van der Waals surface area contributed by atoms with Crippen molar-refractivity contribution in [1.29, 1.82) is 0 Å². The van der Waals surface area contributed by atoms with Crippen molar-refractivity contribution in [3.63, 3.8) is 0 Å². The SMILES string of the molecule is NC1C(F)=CC(F)([N+](=O)[O-])CC1(F)C(F)(F)F. The van der Waals surface area contributed by atoms with Crippen molar-refractivity contribution < 1.29 is 31.3 Å². The van der Waals surface area contributed by atoms with E-state index in [9.17, 15) is 36.5 Å². The van der Waals surface area contributed by atoms with E-state index >= 15 is 0 Å². The van der Waals surface area contributed by atoms with Gasteiger partial charge < -0.3 is 5.73 Å². The van der Waals surface area contributed by atoms with Crippen LogP contribution in [0.1, 0.15) is 6.42 Å². The van der Waals surface area contributed by atoms with Crippen molar-refractivity contribution in [2.45, 2.75) is 30.1 Å². The number of halogens is 6. The third-order valence-electron chi connectivity index (χ3n) is 2.43. The molecule has 0 aliphatic heterocycles. The zero-order valence-electron chi connectivity index (χ0n) is 7.97. The molecule has 0 heterocycles. The Labute approximate surface area is 90.2 Å². The van der Waals surface area contributed by atoms with Gasteiger partial charge in [0.25, 0.3) is 0 Å². The molecule has 17 heavy (non-hydrogen) atoms. The third-order valence-corrected chi connectivity index (χ3v) is 2.43. The molecule has 0 spiro atoms. The number of nitro groups is 1. The molecule has 3 unspecified atom stereocenters. The molecule has 0 aromatic heterocycles. The van der Waals surface area contributed by atoms with E-state index in [4.69, 9.17) is 0 Å². The van der Waals surface area contributed by atoms with Crippen LogP contribution in [0.4, 0.5) is 26.3 Å². The summed E-state index contributed by atoms with van der Waals surface area (Å²) in [4.78, 5) is 8.35. The molecule has 98 valence electrons. The largest absolute Gasteiger partial charge is 0.424 e. The Kier molecular flexibility index (Phi) is 2.90. The van der Waals surface area contributed by atoms with Gasteiger partial charge in [0, 0.05) is 0 Å². The van der Waals surface area contributed by atoms with E-state index in [2.05, 4.69) is 5.73 Å². The lowest BCUT2D eigenvalue weighted by Gasteiger charge is -2.36. The van der Waals surface area contributed by atoms with Gasteiger partial charge >= 0.3 is 12.0 Å². The lowest BCUT2D eigenvalue weighted by Crippen LogP contribution is -2.61. The fraction of sp³-hybridized carbons (Fsp3) is 0.714. The van der Waals surface area contributed by atoms with E-state index in [1.165, 1.54) is 0 Å². The summed E-state index contributed by atoms with van der Waals surface area (Å²) in [5.74, 6) is -6.01. The first-order chi connectivity index (χ1) is 7.44. The van der Waals surface area contributed by atoms with Crippen LogP contribution in [0.3, 0.4) is 0 Å². The quantitative estimate of drug-likeness (QED) is 0.339. The van der Waals surface area contributed by atoms with Crippen LogP contribution in [0.25, 0.3) is 0 Å². The second-order valence-electron chi connectivity index (χ2n) is 3.62. The number of nitrogens with zero attached hydrogens (tertiary/aromatic N) is 1. The predicted octanol–water partition coefficient (Wildman–Crippen LogP) is 1.78. The Morgan fingerprint density at radius 2 is 1.94 bits per heavy atom. The van der Waals surface area contributed by atoms with Crippen LogP contribution in [0.15, 0.2) is 11.9 Å². The number of nitrogens with two attached hydrogens (primary N) is 1. The van der Waals surface area contributed by atoms with E-state index in [1.807, 2.05) is 0 Å². The second-order valence-corrected chi connectivity index (χ2v) is 3.62. The standard InChI is InChI=1S/C7H6F6N2O2/c8-3-1-5(9,15(16)17)2-6(10,4(3)14)7(11,12)13/h1,4H,2,14H2. The summed E-state index contributed by atoms with van der Waals surface area (Å²) in [7, 11) is 0. The number of hydrogen-bond acceptors (Lipinski definition) is 3. The van der Waals surface area contributed by atoms with Crippen molar-refractivity contribution in [3.8, 4) is 0 Å². The molecule has 1 aliphatic rings. The number of rotatable bonds is 1. The van der Waals surface area contributed by atoms with Gasteiger partial charge in [0.15, 0.2) is 0 Å². The molecule has 0 fully saturated rings. The average Bonchev–Trinajstić information content (AvgIpc) is 2.12. The summed E-state index contributed by atoms with van der Waals surface area (Å²) >= 11 is 0. The summed E-state index contributed by atoms with van der Waals surface area (Å²) in [5.41, 5.74) is 0.116. The van der Waals surface area contributed by atoms with Crippen LogP contribution < -0.4 is 5.73 Å². The van der Waals surface area contributed by atoms with Crippen molar-refractivity contribution in [2.24, 2.45) is 5.73 Å². The zero-order valence-corrected chi connectivity index (χ0v) is 7.97. The fourth-order valence-corrected chi connectivity index (χ4v) is 1.44. The van der Waals surface area contributed by atoms with Gasteiger partial charge in [0.2, 0.25) is 5.67 Å². The van der Waals surface area contributed by atoms with E-state index in [-0.39, 0.29) is 6.08 Å². The summed E-state index contributed by atoms with van der Waals surface area (Å²) in [6, 6.07) is -2.81. The highest BCUT2D eigenvalue weighted by Crippen LogP contribution is 2.48. The number of hydrogen-bond donors (Lipinski definition) is 1. The van der Waals surface area contributed by atoms with Crippen molar-refractivity contribution in [3.05, 3.63) is 22.0 Å². The molecule has 0 radical (unpaired) electrons. The zero-order chi connectivity index (χ0) is 13.6. The lowest BCUT2D eigenvalue weighted by molar-refractivity contribution is -0.597. The Morgan fingerprint density at radius 3 is 2.29 bits per heavy atom. The lowest BCUT2D eigenvalue weighted by atomic mass is 9.82. The van der Waals surface area contributed by atoms with Crippen molar-refractivity contribution in [1.82, 2.24) is 0 Å². The van der Waals surface area contributed by atoms with E-state index in [0.717, 1.165) is 0 Å². The summed E-state index contributed by atoms with van der Waals surface area (Å²) in [6.07, 6.45) is -8.28. The first kappa shape index (κ1) is 13.7. The predicted molar refractivity (Wildman–Crippen MR) is 42.5 cm³/mol. The van der Waals surface area contributed by atoms with Gasteiger partial charge in [-0.2, -0.15) is 17.6 Å². The molecule has 0 bridgehead atoms. The third kappa shape index (κ3) is 1.96. The highest BCUT2D eigenvalue weighted by atomic mass is 19.4. The van der Waals surface area contributed by atoms with Gasteiger partial charge in [0.05, 0.1) is 17.4 Å². The maximum absolute atomic E-state index is 13.5. The maximum Gasteiger partial charge on any atom is 0.424 e. The average molecular weight is 264 g/mol. The summed E-state index contributed by atoms with van der Waals surface area (Å²) in [5, 5.41) is 10.2. The second kappa shape index (κ2) is 3.59. The molecule has 2 N–H and O–H groups in total. The molecule has 0 amide bonds. The minimum atomic E-state index is -5.72. The molecule has 3 atom stereocenters.